The lowest BCUT2D eigenvalue weighted by molar-refractivity contribution is 0.345. The average molecular weight is 945 g/mol. The molecule has 6 nitrogen and oxygen atoms in total. The number of aromatic hydroxyl groups is 4. The van der Waals surface area contributed by atoms with Gasteiger partial charge >= 0.3 is 0 Å². The molecule has 0 unspecified atom stereocenters. The van der Waals surface area contributed by atoms with Gasteiger partial charge in [0.25, 0.3) is 0 Å². The predicted molar refractivity (Wildman–Crippen MR) is 298 cm³/mol. The van der Waals surface area contributed by atoms with E-state index in [1.54, 1.807) is 0 Å². The van der Waals surface area contributed by atoms with E-state index in [-0.39, 0.29) is 6.42 Å². The van der Waals surface area contributed by atoms with Gasteiger partial charge in [-0.15, -0.1) is 0 Å². The van der Waals surface area contributed by atoms with E-state index >= 15 is 0 Å². The molecule has 11 aromatic rings. The Kier molecular flexibility index (Phi) is 11.5. The monoisotopic (exact) mass is 944 g/mol. The molecule has 1 aliphatic carbocycles. The van der Waals surface area contributed by atoms with Gasteiger partial charge in [-0.2, -0.15) is 0 Å². The molecule has 6 heteroatoms. The second kappa shape index (κ2) is 18.9. The first-order valence-corrected chi connectivity index (χ1v) is 24.3. The first-order chi connectivity index (χ1) is 35.9. The van der Waals surface area contributed by atoms with Crippen molar-refractivity contribution >= 4 is 34.1 Å². The molecule has 1 aliphatic rings. The van der Waals surface area contributed by atoms with Gasteiger partial charge in [-0.25, -0.2) is 0 Å². The summed E-state index contributed by atoms with van der Waals surface area (Å²) in [6.07, 6.45) is 0.213. The van der Waals surface area contributed by atoms with Crippen LogP contribution in [0.1, 0.15) is 11.1 Å². The van der Waals surface area contributed by atoms with Gasteiger partial charge in [-0.1, -0.05) is 188 Å². The van der Waals surface area contributed by atoms with Crippen LogP contribution in [0, 0.1) is 0 Å². The second-order valence-electron chi connectivity index (χ2n) is 18.3. The molecule has 0 fully saturated rings. The summed E-state index contributed by atoms with van der Waals surface area (Å²) in [6, 6.07) is 88.7. The average Bonchev–Trinajstić information content (AvgIpc) is 3.86. The van der Waals surface area contributed by atoms with E-state index in [0.29, 0.717) is 16.7 Å². The molecule has 11 aromatic carbocycles. The zero-order chi connectivity index (χ0) is 49.4. The van der Waals surface area contributed by atoms with Gasteiger partial charge in [-0.3, -0.25) is 0 Å². The number of fused-ring (bicyclic) bond motifs is 3. The molecule has 0 saturated heterocycles. The molecule has 0 radical (unpaired) electrons. The SMILES string of the molecule is Oc1c(O)c(O)c2c(c1O)Cc1c(-c3cc(N(c4ccc(-c5ccccc5)cc4)c4ccc(-c5ccccc5)cc4)cc(N(c4ccc(-c5ccccc5)cc4)c4ccc(-c5ccccc5)cc4)c3)cccc1-2. The van der Waals surface area contributed by atoms with Crippen molar-refractivity contribution in [3.63, 3.8) is 0 Å². The Hall–Kier alpha value is -9.78. The van der Waals surface area contributed by atoms with Crippen molar-refractivity contribution in [3.05, 3.63) is 266 Å². The Balaban J connectivity index is 1.09. The van der Waals surface area contributed by atoms with Crippen molar-refractivity contribution in [1.29, 1.82) is 0 Å². The largest absolute Gasteiger partial charge is 0.504 e. The molecule has 73 heavy (non-hydrogen) atoms. The number of benzene rings is 11. The van der Waals surface area contributed by atoms with Crippen LogP contribution < -0.4 is 9.80 Å². The molecule has 0 saturated carbocycles. The van der Waals surface area contributed by atoms with E-state index < -0.39 is 23.0 Å². The van der Waals surface area contributed by atoms with E-state index in [2.05, 4.69) is 228 Å². The van der Waals surface area contributed by atoms with Gasteiger partial charge in [0.05, 0.1) is 0 Å². The number of phenols is 4. The van der Waals surface area contributed by atoms with Gasteiger partial charge in [0.15, 0.2) is 11.5 Å². The zero-order valence-corrected chi connectivity index (χ0v) is 39.6. The summed E-state index contributed by atoms with van der Waals surface area (Å²) in [6.45, 7) is 0. The summed E-state index contributed by atoms with van der Waals surface area (Å²) in [7, 11) is 0. The normalized spacial score (nSPS) is 11.5. The van der Waals surface area contributed by atoms with Gasteiger partial charge in [0, 0.05) is 51.7 Å². The quantitative estimate of drug-likeness (QED) is 0.0763. The van der Waals surface area contributed by atoms with Crippen LogP contribution in [-0.2, 0) is 6.42 Å². The third-order valence-electron chi connectivity index (χ3n) is 14.0. The van der Waals surface area contributed by atoms with Crippen molar-refractivity contribution in [3.8, 4) is 89.8 Å². The topological polar surface area (TPSA) is 87.4 Å². The molecular weight excluding hydrogens is 897 g/mol. The van der Waals surface area contributed by atoms with Crippen molar-refractivity contribution < 1.29 is 20.4 Å². The first-order valence-electron chi connectivity index (χ1n) is 24.3. The molecule has 350 valence electrons. The van der Waals surface area contributed by atoms with E-state index in [0.717, 1.165) is 95.3 Å². The molecule has 0 heterocycles. The lowest BCUT2D eigenvalue weighted by Gasteiger charge is -2.31. The smallest absolute Gasteiger partial charge is 0.204 e. The van der Waals surface area contributed by atoms with Crippen molar-refractivity contribution in [2.24, 2.45) is 0 Å². The summed E-state index contributed by atoms with van der Waals surface area (Å²) in [5, 5.41) is 44.0. The summed E-state index contributed by atoms with van der Waals surface area (Å²) in [4.78, 5) is 4.58. The molecular formula is C67H48N2O4. The number of phenolic OH excluding ortho intramolecular Hbond substituents is 4. The third kappa shape index (κ3) is 8.37. The van der Waals surface area contributed by atoms with Crippen molar-refractivity contribution in [2.45, 2.75) is 6.42 Å². The summed E-state index contributed by atoms with van der Waals surface area (Å²) < 4.78 is 0. The molecule has 0 bridgehead atoms. The van der Waals surface area contributed by atoms with Crippen molar-refractivity contribution in [2.75, 3.05) is 9.80 Å². The van der Waals surface area contributed by atoms with Crippen LogP contribution in [0.3, 0.4) is 0 Å². The van der Waals surface area contributed by atoms with Crippen LogP contribution in [0.4, 0.5) is 34.1 Å². The Morgan fingerprint density at radius 1 is 0.233 bits per heavy atom. The van der Waals surface area contributed by atoms with E-state index in [1.165, 1.54) is 0 Å². The van der Waals surface area contributed by atoms with Gasteiger partial charge in [-0.05, 0) is 133 Å². The van der Waals surface area contributed by atoms with Crippen LogP contribution in [0.2, 0.25) is 0 Å². The third-order valence-corrected chi connectivity index (χ3v) is 14.0. The van der Waals surface area contributed by atoms with Crippen LogP contribution >= 0.6 is 0 Å². The highest BCUT2D eigenvalue weighted by atomic mass is 16.3. The number of hydrogen-bond acceptors (Lipinski definition) is 6. The second-order valence-corrected chi connectivity index (χ2v) is 18.3. The Morgan fingerprint density at radius 3 is 0.904 bits per heavy atom. The summed E-state index contributed by atoms with van der Waals surface area (Å²) in [5.74, 6) is -2.41. The maximum Gasteiger partial charge on any atom is 0.204 e. The molecule has 0 aromatic heterocycles. The maximum absolute atomic E-state index is 11.3. The predicted octanol–water partition coefficient (Wildman–Crippen LogP) is 17.4. The highest BCUT2D eigenvalue weighted by Gasteiger charge is 2.32. The number of hydrogen-bond donors (Lipinski definition) is 4. The maximum atomic E-state index is 11.3. The minimum absolute atomic E-state index is 0.213. The minimum atomic E-state index is -0.752. The summed E-state index contributed by atoms with van der Waals surface area (Å²) in [5.41, 5.74) is 18.4. The Morgan fingerprint density at radius 2 is 0.548 bits per heavy atom. The molecule has 12 rings (SSSR count). The molecule has 0 spiro atoms. The highest BCUT2D eigenvalue weighted by molar-refractivity contribution is 5.95. The number of nitrogens with zero attached hydrogens (tertiary/aromatic N) is 2. The van der Waals surface area contributed by atoms with Crippen molar-refractivity contribution in [1.82, 2.24) is 0 Å². The highest BCUT2D eigenvalue weighted by Crippen LogP contribution is 2.57. The zero-order valence-electron chi connectivity index (χ0n) is 39.6. The molecule has 0 atom stereocenters. The van der Waals surface area contributed by atoms with E-state index in [9.17, 15) is 20.4 Å². The van der Waals surface area contributed by atoms with E-state index in [4.69, 9.17) is 0 Å². The van der Waals surface area contributed by atoms with E-state index in [1.807, 2.05) is 36.4 Å². The standard InChI is InChI=1S/C67H48N2O4/c70-64-62-43-61-59(22-13-23-60(61)63(62)65(71)67(73)66(64)72)52-40-57(68(53-32-24-48(25-33-53)44-14-5-1-6-15-44)54-34-26-49(27-35-54)45-16-7-2-8-17-45)42-58(41-52)69(55-36-28-50(29-37-55)46-18-9-3-10-19-46)56-38-30-51(31-39-56)47-20-11-4-12-21-47/h1-42,70-73H,43H2. The van der Waals surface area contributed by atoms with Crippen LogP contribution in [0.25, 0.3) is 66.8 Å². The van der Waals surface area contributed by atoms with Gasteiger partial charge < -0.3 is 30.2 Å². The molecule has 4 N–H and O–H groups in total. The van der Waals surface area contributed by atoms with Crippen LogP contribution in [0.15, 0.2) is 255 Å². The van der Waals surface area contributed by atoms with Gasteiger partial charge in [0.2, 0.25) is 11.5 Å². The number of anilines is 6. The van der Waals surface area contributed by atoms with Gasteiger partial charge in [0.1, 0.15) is 0 Å². The van der Waals surface area contributed by atoms with Crippen LogP contribution in [-0.4, -0.2) is 20.4 Å². The summed E-state index contributed by atoms with van der Waals surface area (Å²) >= 11 is 0. The lowest BCUT2D eigenvalue weighted by Crippen LogP contribution is -2.14. The number of rotatable bonds is 11. The lowest BCUT2D eigenvalue weighted by atomic mass is 9.94. The molecule has 0 aliphatic heterocycles. The fourth-order valence-corrected chi connectivity index (χ4v) is 10.3. The first kappa shape index (κ1) is 44.4. The molecule has 0 amide bonds. The Labute approximate surface area is 424 Å². The minimum Gasteiger partial charge on any atom is -0.504 e. The Bertz CT molecular complexity index is 3400. The fourth-order valence-electron chi connectivity index (χ4n) is 10.3. The van der Waals surface area contributed by atoms with Crippen LogP contribution in [0.5, 0.6) is 23.0 Å². The fraction of sp³-hybridized carbons (Fsp3) is 0.0149.